The van der Waals surface area contributed by atoms with E-state index >= 15 is 0 Å². The van der Waals surface area contributed by atoms with E-state index in [9.17, 15) is 0 Å². The van der Waals surface area contributed by atoms with Crippen molar-refractivity contribution in [3.05, 3.63) is 0 Å². The second-order valence-electron chi connectivity index (χ2n) is 5.12. The Morgan fingerprint density at radius 1 is 1.21 bits per heavy atom. The van der Waals surface area contributed by atoms with Crippen LogP contribution in [0.2, 0.25) is 0 Å². The number of nitrogens with zero attached hydrogens (tertiary/aromatic N) is 2. The monoisotopic (exact) mass is 384 g/mol. The Balaban J connectivity index is 0. The Labute approximate surface area is 136 Å². The molecule has 0 amide bonds. The van der Waals surface area contributed by atoms with Crippen molar-refractivity contribution in [1.82, 2.24) is 15.5 Å². The zero-order chi connectivity index (χ0) is 13.8. The molecule has 0 bridgehead atoms. The maximum absolute atomic E-state index is 4.58. The molecule has 0 radical (unpaired) electrons. The maximum atomic E-state index is 4.58. The summed E-state index contributed by atoms with van der Waals surface area (Å²) in [5, 5.41) is 6.65. The number of rotatable bonds is 9. The molecule has 0 aliphatic carbocycles. The predicted molar refractivity (Wildman–Crippen MR) is 96.6 cm³/mol. The van der Waals surface area contributed by atoms with E-state index in [0.29, 0.717) is 0 Å². The van der Waals surface area contributed by atoms with Gasteiger partial charge >= 0.3 is 0 Å². The molecular formula is C14H33IN4. The van der Waals surface area contributed by atoms with Crippen LogP contribution < -0.4 is 10.6 Å². The lowest BCUT2D eigenvalue weighted by Crippen LogP contribution is -2.41. The normalized spacial score (nSPS) is 11.6. The molecule has 0 rings (SSSR count). The Morgan fingerprint density at radius 2 is 1.89 bits per heavy atom. The third kappa shape index (κ3) is 14.2. The Bertz CT molecular complexity index is 219. The zero-order valence-corrected chi connectivity index (χ0v) is 15.7. The fourth-order valence-electron chi connectivity index (χ4n) is 1.56. The maximum Gasteiger partial charge on any atom is 0.191 e. The largest absolute Gasteiger partial charge is 0.357 e. The number of hydrogen-bond acceptors (Lipinski definition) is 2. The van der Waals surface area contributed by atoms with E-state index in [1.54, 1.807) is 0 Å². The third-order valence-electron chi connectivity index (χ3n) is 2.88. The van der Waals surface area contributed by atoms with Gasteiger partial charge in [0.05, 0.1) is 0 Å². The highest BCUT2D eigenvalue weighted by molar-refractivity contribution is 14.0. The van der Waals surface area contributed by atoms with Crippen molar-refractivity contribution in [2.24, 2.45) is 10.9 Å². The molecule has 0 unspecified atom stereocenters. The van der Waals surface area contributed by atoms with E-state index in [1.165, 1.54) is 12.8 Å². The Morgan fingerprint density at radius 3 is 2.42 bits per heavy atom. The fourth-order valence-corrected chi connectivity index (χ4v) is 1.56. The topological polar surface area (TPSA) is 39.7 Å². The van der Waals surface area contributed by atoms with Crippen molar-refractivity contribution < 1.29 is 0 Å². The van der Waals surface area contributed by atoms with Gasteiger partial charge < -0.3 is 15.5 Å². The van der Waals surface area contributed by atoms with Crippen molar-refractivity contribution >= 4 is 29.9 Å². The van der Waals surface area contributed by atoms with Crippen molar-refractivity contribution in [3.63, 3.8) is 0 Å². The van der Waals surface area contributed by atoms with Gasteiger partial charge in [0.25, 0.3) is 0 Å². The highest BCUT2D eigenvalue weighted by atomic mass is 127. The molecule has 0 aliphatic heterocycles. The Kier molecular flexibility index (Phi) is 16.1. The average molecular weight is 384 g/mol. The molecule has 0 heterocycles. The van der Waals surface area contributed by atoms with Gasteiger partial charge in [-0.2, -0.15) is 0 Å². The van der Waals surface area contributed by atoms with Crippen LogP contribution >= 0.6 is 24.0 Å². The lowest BCUT2D eigenvalue weighted by atomic mass is 10.1. The molecule has 0 saturated heterocycles. The fraction of sp³-hybridized carbons (Fsp3) is 0.929. The van der Waals surface area contributed by atoms with Crippen LogP contribution in [0.15, 0.2) is 4.99 Å². The summed E-state index contributed by atoms with van der Waals surface area (Å²) < 4.78 is 0. The summed E-state index contributed by atoms with van der Waals surface area (Å²) in [7, 11) is 2.13. The van der Waals surface area contributed by atoms with Gasteiger partial charge in [-0.1, -0.05) is 20.8 Å². The van der Waals surface area contributed by atoms with E-state index in [4.69, 9.17) is 0 Å². The summed E-state index contributed by atoms with van der Waals surface area (Å²) in [6.07, 6.45) is 2.42. The van der Waals surface area contributed by atoms with Crippen LogP contribution in [0, 0.1) is 5.92 Å². The quantitative estimate of drug-likeness (QED) is 0.278. The minimum absolute atomic E-state index is 0. The summed E-state index contributed by atoms with van der Waals surface area (Å²) >= 11 is 0. The van der Waals surface area contributed by atoms with Gasteiger partial charge in [0.2, 0.25) is 0 Å². The number of aliphatic imine (C=N–C) groups is 1. The van der Waals surface area contributed by atoms with Gasteiger partial charge in [-0.3, -0.25) is 4.99 Å². The standard InChI is InChI=1S/C14H32N4.HI/c1-6-15-14(16-10-8-9-13(3)4)17-11-12-18(5)7-2;/h13H,6-12H2,1-5H3,(H2,15,16,17);1H. The predicted octanol–water partition coefficient (Wildman–Crippen LogP) is 2.55. The minimum Gasteiger partial charge on any atom is -0.357 e. The SMILES string of the molecule is CCNC(=NCCCC(C)C)NCCN(C)CC.I. The number of hydrogen-bond donors (Lipinski definition) is 2. The molecule has 0 atom stereocenters. The highest BCUT2D eigenvalue weighted by Gasteiger charge is 1.98. The molecule has 0 aromatic rings. The van der Waals surface area contributed by atoms with Crippen LogP contribution in [0.5, 0.6) is 0 Å². The lowest BCUT2D eigenvalue weighted by molar-refractivity contribution is 0.357. The third-order valence-corrected chi connectivity index (χ3v) is 2.88. The summed E-state index contributed by atoms with van der Waals surface area (Å²) in [4.78, 5) is 6.87. The van der Waals surface area contributed by atoms with Gasteiger partial charge in [-0.15, -0.1) is 24.0 Å². The van der Waals surface area contributed by atoms with Crippen LogP contribution in [0.1, 0.15) is 40.5 Å². The van der Waals surface area contributed by atoms with E-state index in [2.05, 4.69) is 55.3 Å². The second kappa shape index (κ2) is 14.4. The first kappa shape index (κ1) is 21.3. The van der Waals surface area contributed by atoms with Gasteiger partial charge in [0.15, 0.2) is 5.96 Å². The highest BCUT2D eigenvalue weighted by Crippen LogP contribution is 2.02. The Hall–Kier alpha value is -0.0400. The van der Waals surface area contributed by atoms with Crippen LogP contribution in [-0.4, -0.2) is 50.6 Å². The molecule has 2 N–H and O–H groups in total. The molecule has 116 valence electrons. The molecule has 0 fully saturated rings. The molecule has 5 heteroatoms. The van der Waals surface area contributed by atoms with Crippen molar-refractivity contribution in [3.8, 4) is 0 Å². The molecule has 0 spiro atoms. The first-order valence-corrected chi connectivity index (χ1v) is 7.30. The molecule has 0 aliphatic rings. The van der Waals surface area contributed by atoms with Crippen LogP contribution in [0.3, 0.4) is 0 Å². The average Bonchev–Trinajstić information content (AvgIpc) is 2.33. The molecule has 4 nitrogen and oxygen atoms in total. The van der Waals surface area contributed by atoms with Gasteiger partial charge in [-0.05, 0) is 39.3 Å². The second-order valence-corrected chi connectivity index (χ2v) is 5.12. The van der Waals surface area contributed by atoms with Crippen molar-refractivity contribution in [2.75, 3.05) is 39.8 Å². The zero-order valence-electron chi connectivity index (χ0n) is 13.3. The van der Waals surface area contributed by atoms with Crippen molar-refractivity contribution in [2.45, 2.75) is 40.5 Å². The molecule has 0 saturated carbocycles. The first-order chi connectivity index (χ1) is 8.60. The number of likely N-dealkylation sites (N-methyl/N-ethyl adjacent to an activating group) is 1. The van der Waals surface area contributed by atoms with E-state index in [0.717, 1.165) is 44.6 Å². The molecular weight excluding hydrogens is 351 g/mol. The van der Waals surface area contributed by atoms with Crippen LogP contribution in [0.25, 0.3) is 0 Å². The van der Waals surface area contributed by atoms with Crippen molar-refractivity contribution in [1.29, 1.82) is 0 Å². The lowest BCUT2D eigenvalue weighted by Gasteiger charge is -2.16. The minimum atomic E-state index is 0. The van der Waals surface area contributed by atoms with E-state index in [1.807, 2.05) is 0 Å². The van der Waals surface area contributed by atoms with E-state index < -0.39 is 0 Å². The summed E-state index contributed by atoms with van der Waals surface area (Å²) in [5.41, 5.74) is 0. The number of halogens is 1. The summed E-state index contributed by atoms with van der Waals surface area (Å²) in [5.74, 6) is 1.72. The van der Waals surface area contributed by atoms with Gasteiger partial charge in [0.1, 0.15) is 0 Å². The summed E-state index contributed by atoms with van der Waals surface area (Å²) in [6, 6.07) is 0. The van der Waals surface area contributed by atoms with Crippen LogP contribution in [0.4, 0.5) is 0 Å². The molecule has 0 aromatic heterocycles. The first-order valence-electron chi connectivity index (χ1n) is 7.30. The molecule has 0 aromatic carbocycles. The number of guanidine groups is 1. The molecule has 19 heavy (non-hydrogen) atoms. The van der Waals surface area contributed by atoms with Gasteiger partial charge in [0, 0.05) is 26.2 Å². The van der Waals surface area contributed by atoms with Gasteiger partial charge in [-0.25, -0.2) is 0 Å². The smallest absolute Gasteiger partial charge is 0.191 e. The number of nitrogens with one attached hydrogen (secondary N) is 2. The van der Waals surface area contributed by atoms with E-state index in [-0.39, 0.29) is 24.0 Å². The summed E-state index contributed by atoms with van der Waals surface area (Å²) in [6.45, 7) is 13.7. The van der Waals surface area contributed by atoms with Crippen LogP contribution in [-0.2, 0) is 0 Å².